The van der Waals surface area contributed by atoms with Gasteiger partial charge in [0.15, 0.2) is 5.78 Å². The van der Waals surface area contributed by atoms with Crippen LogP contribution in [0.5, 0.6) is 0 Å². The molecule has 0 unspecified atom stereocenters. The predicted molar refractivity (Wildman–Crippen MR) is 64.1 cm³/mol. The Balaban J connectivity index is 2.55. The summed E-state index contributed by atoms with van der Waals surface area (Å²) in [4.78, 5) is 15.5. The summed E-state index contributed by atoms with van der Waals surface area (Å²) in [6.45, 7) is 0. The van der Waals surface area contributed by atoms with Gasteiger partial charge in [0, 0.05) is 17.4 Å². The summed E-state index contributed by atoms with van der Waals surface area (Å²) in [6, 6.07) is 3.79. The van der Waals surface area contributed by atoms with Crippen LogP contribution in [0.15, 0.2) is 36.7 Å². The summed E-state index contributed by atoms with van der Waals surface area (Å²) >= 11 is 5.53. The van der Waals surface area contributed by atoms with E-state index in [1.54, 1.807) is 0 Å². The molecule has 0 N–H and O–H groups in total. The first-order valence-corrected chi connectivity index (χ1v) is 5.69. The number of carbonyl (C=O) groups is 1. The SMILES string of the molecule is O=C(c1ccc(Cl)cc1F)c1cnccc1C(F)(F)F. The van der Waals surface area contributed by atoms with Crippen molar-refractivity contribution in [3.8, 4) is 0 Å². The van der Waals surface area contributed by atoms with Gasteiger partial charge in [-0.3, -0.25) is 9.78 Å². The average molecular weight is 304 g/mol. The van der Waals surface area contributed by atoms with Gasteiger partial charge in [0.2, 0.25) is 0 Å². The number of hydrogen-bond acceptors (Lipinski definition) is 2. The molecule has 0 bridgehead atoms. The van der Waals surface area contributed by atoms with E-state index in [1.807, 2.05) is 0 Å². The van der Waals surface area contributed by atoms with Crippen LogP contribution < -0.4 is 0 Å². The lowest BCUT2D eigenvalue weighted by Gasteiger charge is -2.11. The molecule has 2 nitrogen and oxygen atoms in total. The standard InChI is InChI=1S/C13H6ClF4NO/c14-7-1-2-8(11(15)5-7)12(20)9-6-19-4-3-10(9)13(16,17)18/h1-6H. The molecule has 2 rings (SSSR count). The number of nitrogens with zero attached hydrogens (tertiary/aromatic N) is 1. The number of carbonyl (C=O) groups excluding carboxylic acids is 1. The minimum atomic E-state index is -4.73. The van der Waals surface area contributed by atoms with Gasteiger partial charge < -0.3 is 0 Å². The third-order valence-corrected chi connectivity index (χ3v) is 2.78. The summed E-state index contributed by atoms with van der Waals surface area (Å²) in [7, 11) is 0. The molecular formula is C13H6ClF4NO. The molecule has 7 heteroatoms. The van der Waals surface area contributed by atoms with Crippen molar-refractivity contribution in [1.29, 1.82) is 0 Å². The molecule has 0 radical (unpaired) electrons. The van der Waals surface area contributed by atoms with Crippen molar-refractivity contribution in [1.82, 2.24) is 4.98 Å². The van der Waals surface area contributed by atoms with Gasteiger partial charge in [-0.05, 0) is 24.3 Å². The van der Waals surface area contributed by atoms with Crippen LogP contribution in [0.2, 0.25) is 5.02 Å². The molecule has 2 aromatic rings. The molecule has 0 amide bonds. The smallest absolute Gasteiger partial charge is 0.288 e. The van der Waals surface area contributed by atoms with Gasteiger partial charge in [-0.2, -0.15) is 13.2 Å². The van der Waals surface area contributed by atoms with E-state index in [2.05, 4.69) is 4.98 Å². The number of ketones is 1. The van der Waals surface area contributed by atoms with E-state index < -0.39 is 34.5 Å². The maximum atomic E-state index is 13.6. The van der Waals surface area contributed by atoms with E-state index in [0.717, 1.165) is 24.5 Å². The Kier molecular flexibility index (Phi) is 3.76. The van der Waals surface area contributed by atoms with Crippen LogP contribution in [0.4, 0.5) is 17.6 Å². The zero-order valence-electron chi connectivity index (χ0n) is 9.71. The molecule has 0 saturated carbocycles. The summed E-state index contributed by atoms with van der Waals surface area (Å²) in [5.41, 5.74) is -2.36. The molecule has 1 aromatic heterocycles. The molecule has 0 aliphatic carbocycles. The highest BCUT2D eigenvalue weighted by molar-refractivity contribution is 6.30. The first-order chi connectivity index (χ1) is 9.30. The first-order valence-electron chi connectivity index (χ1n) is 5.31. The Labute approximate surface area is 116 Å². The second-order valence-electron chi connectivity index (χ2n) is 3.87. The fourth-order valence-corrected chi connectivity index (χ4v) is 1.80. The Morgan fingerprint density at radius 1 is 1.15 bits per heavy atom. The fraction of sp³-hybridized carbons (Fsp3) is 0.0769. The highest BCUT2D eigenvalue weighted by atomic mass is 35.5. The van der Waals surface area contributed by atoms with Crippen LogP contribution in [-0.2, 0) is 6.18 Å². The minimum absolute atomic E-state index is 0.0429. The predicted octanol–water partition coefficient (Wildman–Crippen LogP) is 4.12. The zero-order valence-corrected chi connectivity index (χ0v) is 10.5. The van der Waals surface area contributed by atoms with Crippen LogP contribution in [0.1, 0.15) is 21.5 Å². The van der Waals surface area contributed by atoms with Crippen molar-refractivity contribution < 1.29 is 22.4 Å². The Bertz CT molecular complexity index is 670. The van der Waals surface area contributed by atoms with E-state index >= 15 is 0 Å². The van der Waals surface area contributed by atoms with Crippen LogP contribution in [0.25, 0.3) is 0 Å². The number of rotatable bonds is 2. The fourth-order valence-electron chi connectivity index (χ4n) is 1.64. The van der Waals surface area contributed by atoms with E-state index in [0.29, 0.717) is 6.07 Å². The summed E-state index contributed by atoms with van der Waals surface area (Å²) in [5.74, 6) is -2.08. The summed E-state index contributed by atoms with van der Waals surface area (Å²) in [6.07, 6.45) is -3.05. The lowest BCUT2D eigenvalue weighted by Crippen LogP contribution is -2.15. The maximum absolute atomic E-state index is 13.6. The third kappa shape index (κ3) is 2.80. The molecular weight excluding hydrogens is 298 g/mol. The lowest BCUT2D eigenvalue weighted by molar-refractivity contribution is -0.137. The molecule has 1 aromatic carbocycles. The van der Waals surface area contributed by atoms with Crippen molar-refractivity contribution in [3.05, 3.63) is 64.2 Å². The second-order valence-corrected chi connectivity index (χ2v) is 4.31. The average Bonchev–Trinajstić information content (AvgIpc) is 2.37. The van der Waals surface area contributed by atoms with Gasteiger partial charge in [-0.25, -0.2) is 4.39 Å². The van der Waals surface area contributed by atoms with Crippen molar-refractivity contribution in [2.75, 3.05) is 0 Å². The van der Waals surface area contributed by atoms with Crippen LogP contribution in [-0.4, -0.2) is 10.8 Å². The van der Waals surface area contributed by atoms with Gasteiger partial charge in [0.1, 0.15) is 5.82 Å². The number of benzene rings is 1. The number of halogens is 5. The first kappa shape index (κ1) is 14.5. The molecule has 0 fully saturated rings. The number of hydrogen-bond donors (Lipinski definition) is 0. The quantitative estimate of drug-likeness (QED) is 0.617. The minimum Gasteiger partial charge on any atom is -0.288 e. The van der Waals surface area contributed by atoms with Crippen LogP contribution in [0, 0.1) is 5.82 Å². The van der Waals surface area contributed by atoms with Crippen LogP contribution in [0.3, 0.4) is 0 Å². The molecule has 104 valence electrons. The highest BCUT2D eigenvalue weighted by Crippen LogP contribution is 2.32. The third-order valence-electron chi connectivity index (χ3n) is 2.55. The Morgan fingerprint density at radius 3 is 2.45 bits per heavy atom. The van der Waals surface area contributed by atoms with Crippen molar-refractivity contribution in [3.63, 3.8) is 0 Å². The van der Waals surface area contributed by atoms with Gasteiger partial charge in [0.25, 0.3) is 0 Å². The number of aromatic nitrogens is 1. The summed E-state index contributed by atoms with van der Waals surface area (Å²) < 4.78 is 52.0. The monoisotopic (exact) mass is 303 g/mol. The Hall–Kier alpha value is -1.95. The molecule has 0 aliphatic heterocycles. The maximum Gasteiger partial charge on any atom is 0.417 e. The zero-order chi connectivity index (χ0) is 14.9. The van der Waals surface area contributed by atoms with Gasteiger partial charge in [-0.1, -0.05) is 11.6 Å². The lowest BCUT2D eigenvalue weighted by atomic mass is 10.00. The van der Waals surface area contributed by atoms with Gasteiger partial charge >= 0.3 is 6.18 Å². The van der Waals surface area contributed by atoms with Crippen molar-refractivity contribution in [2.24, 2.45) is 0 Å². The van der Waals surface area contributed by atoms with E-state index in [-0.39, 0.29) is 5.02 Å². The Morgan fingerprint density at radius 2 is 1.85 bits per heavy atom. The summed E-state index contributed by atoms with van der Waals surface area (Å²) in [5, 5.41) is 0.0429. The van der Waals surface area contributed by atoms with E-state index in [1.165, 1.54) is 6.07 Å². The van der Waals surface area contributed by atoms with E-state index in [4.69, 9.17) is 11.6 Å². The largest absolute Gasteiger partial charge is 0.417 e. The molecule has 0 atom stereocenters. The van der Waals surface area contributed by atoms with Crippen molar-refractivity contribution >= 4 is 17.4 Å². The molecule has 1 heterocycles. The second kappa shape index (κ2) is 5.20. The molecule has 0 saturated heterocycles. The van der Waals surface area contributed by atoms with E-state index in [9.17, 15) is 22.4 Å². The van der Waals surface area contributed by atoms with Crippen LogP contribution >= 0.6 is 11.6 Å². The molecule has 0 spiro atoms. The number of pyridine rings is 1. The topological polar surface area (TPSA) is 30.0 Å². The molecule has 0 aliphatic rings. The van der Waals surface area contributed by atoms with Gasteiger partial charge in [-0.15, -0.1) is 0 Å². The highest BCUT2D eigenvalue weighted by Gasteiger charge is 2.35. The van der Waals surface area contributed by atoms with Crippen molar-refractivity contribution in [2.45, 2.75) is 6.18 Å². The van der Waals surface area contributed by atoms with Gasteiger partial charge in [0.05, 0.1) is 16.7 Å². The number of alkyl halides is 3. The normalized spacial score (nSPS) is 11.4. The molecule has 20 heavy (non-hydrogen) atoms.